The van der Waals surface area contributed by atoms with Crippen LogP contribution in [0.15, 0.2) is 24.3 Å². The number of nitrogens with one attached hydrogen (secondary N) is 2. The SMILES string of the molecule is CCC(NCC(C)(C)NC(=O)OC(C)(C)C)c1ccc(C)cc1. The van der Waals surface area contributed by atoms with Crippen molar-refractivity contribution < 1.29 is 9.53 Å². The topological polar surface area (TPSA) is 50.4 Å². The van der Waals surface area contributed by atoms with Crippen LogP contribution < -0.4 is 10.6 Å². The van der Waals surface area contributed by atoms with Gasteiger partial charge in [-0.1, -0.05) is 36.8 Å². The molecule has 0 radical (unpaired) electrons. The zero-order chi connectivity index (χ0) is 17.7. The fourth-order valence-corrected chi connectivity index (χ4v) is 2.30. The van der Waals surface area contributed by atoms with Crippen LogP contribution in [0, 0.1) is 6.92 Å². The molecule has 4 heteroatoms. The second-order valence-electron chi connectivity index (χ2n) is 7.76. The van der Waals surface area contributed by atoms with Gasteiger partial charge in [0.2, 0.25) is 0 Å². The Balaban J connectivity index is 2.59. The summed E-state index contributed by atoms with van der Waals surface area (Å²) in [5.74, 6) is 0. The van der Waals surface area contributed by atoms with Gasteiger partial charge in [-0.15, -0.1) is 0 Å². The van der Waals surface area contributed by atoms with Crippen LogP contribution in [-0.4, -0.2) is 23.8 Å². The smallest absolute Gasteiger partial charge is 0.408 e. The molecular weight excluding hydrogens is 288 g/mol. The van der Waals surface area contributed by atoms with Gasteiger partial charge in [0.05, 0.1) is 5.54 Å². The second kappa shape index (κ2) is 7.82. The summed E-state index contributed by atoms with van der Waals surface area (Å²) in [5.41, 5.74) is 1.66. The first-order valence-corrected chi connectivity index (χ1v) is 8.33. The van der Waals surface area contributed by atoms with Crippen molar-refractivity contribution in [3.8, 4) is 0 Å². The normalized spacial score (nSPS) is 13.5. The van der Waals surface area contributed by atoms with Crippen LogP contribution >= 0.6 is 0 Å². The number of hydrogen-bond acceptors (Lipinski definition) is 3. The highest BCUT2D eigenvalue weighted by Gasteiger charge is 2.25. The number of alkyl carbamates (subject to hydrolysis) is 1. The fraction of sp³-hybridized carbons (Fsp3) is 0.632. The van der Waals surface area contributed by atoms with E-state index in [2.05, 4.69) is 48.7 Å². The molecule has 23 heavy (non-hydrogen) atoms. The molecule has 4 nitrogen and oxygen atoms in total. The summed E-state index contributed by atoms with van der Waals surface area (Å²) < 4.78 is 5.33. The van der Waals surface area contributed by atoms with Crippen LogP contribution in [-0.2, 0) is 4.74 Å². The van der Waals surface area contributed by atoms with Gasteiger partial charge in [-0.2, -0.15) is 0 Å². The third kappa shape index (κ3) is 7.51. The Kier molecular flexibility index (Phi) is 6.63. The minimum absolute atomic E-state index is 0.273. The Morgan fingerprint density at radius 3 is 2.17 bits per heavy atom. The minimum atomic E-state index is -0.485. The van der Waals surface area contributed by atoms with Crippen LogP contribution in [0.4, 0.5) is 4.79 Å². The molecule has 1 rings (SSSR count). The fourth-order valence-electron chi connectivity index (χ4n) is 2.30. The summed E-state index contributed by atoms with van der Waals surface area (Å²) >= 11 is 0. The molecule has 0 spiro atoms. The lowest BCUT2D eigenvalue weighted by molar-refractivity contribution is 0.0470. The number of rotatable bonds is 6. The van der Waals surface area contributed by atoms with E-state index in [1.54, 1.807) is 0 Å². The van der Waals surface area contributed by atoms with Gasteiger partial charge in [0.25, 0.3) is 0 Å². The van der Waals surface area contributed by atoms with E-state index in [0.29, 0.717) is 6.54 Å². The maximum atomic E-state index is 11.9. The van der Waals surface area contributed by atoms with Gasteiger partial charge < -0.3 is 15.4 Å². The van der Waals surface area contributed by atoms with E-state index in [-0.39, 0.29) is 17.7 Å². The number of carbonyl (C=O) groups is 1. The average molecular weight is 320 g/mol. The minimum Gasteiger partial charge on any atom is -0.444 e. The van der Waals surface area contributed by atoms with Crippen molar-refractivity contribution in [2.45, 2.75) is 72.1 Å². The molecule has 1 unspecified atom stereocenters. The molecule has 0 aliphatic carbocycles. The first-order valence-electron chi connectivity index (χ1n) is 8.33. The molecule has 0 saturated carbocycles. The monoisotopic (exact) mass is 320 g/mol. The largest absolute Gasteiger partial charge is 0.444 e. The van der Waals surface area contributed by atoms with Gasteiger partial charge in [0, 0.05) is 12.6 Å². The number of aryl methyl sites for hydroxylation is 1. The van der Waals surface area contributed by atoms with Gasteiger partial charge in [0.15, 0.2) is 0 Å². The quantitative estimate of drug-likeness (QED) is 0.820. The van der Waals surface area contributed by atoms with Crippen molar-refractivity contribution in [2.75, 3.05) is 6.54 Å². The number of benzene rings is 1. The van der Waals surface area contributed by atoms with Gasteiger partial charge in [-0.3, -0.25) is 0 Å². The van der Waals surface area contributed by atoms with Crippen LogP contribution in [0.3, 0.4) is 0 Å². The standard InChI is InChI=1S/C19H32N2O2/c1-8-16(15-11-9-14(2)10-12-15)20-13-19(6,7)21-17(22)23-18(3,4)5/h9-12,16,20H,8,13H2,1-7H3,(H,21,22). The third-order valence-electron chi connectivity index (χ3n) is 3.52. The number of ether oxygens (including phenoxy) is 1. The van der Waals surface area contributed by atoms with Crippen LogP contribution in [0.25, 0.3) is 0 Å². The first-order chi connectivity index (χ1) is 10.5. The third-order valence-corrected chi connectivity index (χ3v) is 3.52. The maximum absolute atomic E-state index is 11.9. The zero-order valence-corrected chi connectivity index (χ0v) is 15.6. The molecule has 1 aromatic rings. The average Bonchev–Trinajstić information content (AvgIpc) is 2.38. The van der Waals surface area contributed by atoms with Crippen LogP contribution in [0.2, 0.25) is 0 Å². The molecule has 1 aromatic carbocycles. The van der Waals surface area contributed by atoms with E-state index < -0.39 is 5.60 Å². The van der Waals surface area contributed by atoms with Gasteiger partial charge >= 0.3 is 6.09 Å². The summed E-state index contributed by atoms with van der Waals surface area (Å²) in [7, 11) is 0. The molecule has 0 aliphatic heterocycles. The van der Waals surface area contributed by atoms with Gasteiger partial charge in [-0.05, 0) is 53.5 Å². The second-order valence-corrected chi connectivity index (χ2v) is 7.76. The Morgan fingerprint density at radius 1 is 1.13 bits per heavy atom. The van der Waals surface area contributed by atoms with E-state index in [1.807, 2.05) is 34.6 Å². The van der Waals surface area contributed by atoms with Crippen LogP contribution in [0.1, 0.15) is 65.1 Å². The zero-order valence-electron chi connectivity index (χ0n) is 15.6. The highest BCUT2D eigenvalue weighted by molar-refractivity contribution is 5.68. The summed E-state index contributed by atoms with van der Waals surface area (Å²) in [6, 6.07) is 8.85. The summed E-state index contributed by atoms with van der Waals surface area (Å²) in [6.07, 6.45) is 0.610. The lowest BCUT2D eigenvalue weighted by Crippen LogP contribution is -2.52. The Bertz CT molecular complexity index is 501. The molecule has 0 aromatic heterocycles. The molecule has 1 atom stereocenters. The molecule has 0 bridgehead atoms. The molecule has 0 heterocycles. The van der Waals surface area contributed by atoms with Crippen molar-refractivity contribution in [2.24, 2.45) is 0 Å². The predicted molar refractivity (Wildman–Crippen MR) is 95.7 cm³/mol. The lowest BCUT2D eigenvalue weighted by atomic mass is 10.0. The van der Waals surface area contributed by atoms with Gasteiger partial charge in [-0.25, -0.2) is 4.79 Å². The Hall–Kier alpha value is -1.55. The molecule has 0 saturated heterocycles. The molecule has 2 N–H and O–H groups in total. The van der Waals surface area contributed by atoms with E-state index >= 15 is 0 Å². The van der Waals surface area contributed by atoms with Gasteiger partial charge in [0.1, 0.15) is 5.60 Å². The summed E-state index contributed by atoms with van der Waals surface area (Å²) in [6.45, 7) is 14.5. The van der Waals surface area contributed by atoms with Crippen molar-refractivity contribution >= 4 is 6.09 Å². The lowest BCUT2D eigenvalue weighted by Gasteiger charge is -2.30. The number of carbonyl (C=O) groups excluding carboxylic acids is 1. The van der Waals surface area contributed by atoms with E-state index in [1.165, 1.54) is 11.1 Å². The number of hydrogen-bond donors (Lipinski definition) is 2. The van der Waals surface area contributed by atoms with E-state index in [0.717, 1.165) is 6.42 Å². The maximum Gasteiger partial charge on any atom is 0.408 e. The van der Waals surface area contributed by atoms with Crippen molar-refractivity contribution in [1.29, 1.82) is 0 Å². The molecule has 0 aliphatic rings. The van der Waals surface area contributed by atoms with Crippen molar-refractivity contribution in [1.82, 2.24) is 10.6 Å². The van der Waals surface area contributed by atoms with E-state index in [9.17, 15) is 4.79 Å². The Morgan fingerprint density at radius 2 is 1.70 bits per heavy atom. The Labute approximate surface area is 141 Å². The molecule has 0 fully saturated rings. The highest BCUT2D eigenvalue weighted by Crippen LogP contribution is 2.18. The predicted octanol–water partition coefficient (Wildman–Crippen LogP) is 4.34. The van der Waals surface area contributed by atoms with Crippen molar-refractivity contribution in [3.63, 3.8) is 0 Å². The van der Waals surface area contributed by atoms with E-state index in [4.69, 9.17) is 4.74 Å². The molecular formula is C19H32N2O2. The van der Waals surface area contributed by atoms with Crippen molar-refractivity contribution in [3.05, 3.63) is 35.4 Å². The van der Waals surface area contributed by atoms with Crippen LogP contribution in [0.5, 0.6) is 0 Å². The summed E-state index contributed by atoms with van der Waals surface area (Å²) in [4.78, 5) is 11.9. The molecule has 1 amide bonds. The molecule has 130 valence electrons. The first kappa shape index (κ1) is 19.5. The number of amides is 1. The summed E-state index contributed by atoms with van der Waals surface area (Å²) in [5, 5.41) is 6.47. The highest BCUT2D eigenvalue weighted by atomic mass is 16.6.